The number of aromatic nitrogens is 1. The number of anilines is 1. The van der Waals surface area contributed by atoms with Gasteiger partial charge in [0.1, 0.15) is 0 Å². The highest BCUT2D eigenvalue weighted by Crippen LogP contribution is 2.24. The largest absolute Gasteiger partial charge is 0.370 e. The Kier molecular flexibility index (Phi) is 7.28. The molecular weight excluding hydrogens is 457 g/mol. The SMILES string of the molecule is Cc1cccc(C(C)(C)CN=C(N)N2CCN(c3nccs3)CC2)c1.I. The van der Waals surface area contributed by atoms with Crippen LogP contribution in [-0.2, 0) is 5.41 Å². The van der Waals surface area contributed by atoms with E-state index in [9.17, 15) is 0 Å². The van der Waals surface area contributed by atoms with Crippen molar-refractivity contribution in [3.05, 3.63) is 47.0 Å². The number of halogens is 1. The first-order valence-corrected chi connectivity index (χ1v) is 9.60. The molecule has 1 aromatic heterocycles. The number of nitrogens with zero attached hydrogens (tertiary/aromatic N) is 4. The van der Waals surface area contributed by atoms with Gasteiger partial charge in [-0.15, -0.1) is 35.3 Å². The first-order valence-electron chi connectivity index (χ1n) is 8.72. The number of guanidine groups is 1. The lowest BCUT2D eigenvalue weighted by atomic mass is 9.84. The molecule has 0 aliphatic carbocycles. The lowest BCUT2D eigenvalue weighted by Gasteiger charge is -2.35. The minimum absolute atomic E-state index is 0. The Morgan fingerprint density at radius 3 is 2.62 bits per heavy atom. The van der Waals surface area contributed by atoms with E-state index in [1.54, 1.807) is 11.3 Å². The van der Waals surface area contributed by atoms with Gasteiger partial charge in [0.05, 0.1) is 6.54 Å². The van der Waals surface area contributed by atoms with Crippen LogP contribution in [0.25, 0.3) is 0 Å². The van der Waals surface area contributed by atoms with Crippen LogP contribution in [0.2, 0.25) is 0 Å². The van der Waals surface area contributed by atoms with Crippen LogP contribution in [0.4, 0.5) is 5.13 Å². The maximum absolute atomic E-state index is 6.27. The second kappa shape index (κ2) is 9.03. The van der Waals surface area contributed by atoms with E-state index in [1.165, 1.54) is 11.1 Å². The third-order valence-corrected chi connectivity index (χ3v) is 5.56. The molecule has 0 radical (unpaired) electrons. The fraction of sp³-hybridized carbons (Fsp3) is 0.474. The zero-order valence-electron chi connectivity index (χ0n) is 15.7. The summed E-state index contributed by atoms with van der Waals surface area (Å²) in [4.78, 5) is 13.6. The zero-order valence-corrected chi connectivity index (χ0v) is 18.8. The van der Waals surface area contributed by atoms with Crippen LogP contribution in [0.15, 0.2) is 40.8 Å². The van der Waals surface area contributed by atoms with Crippen LogP contribution in [0.3, 0.4) is 0 Å². The van der Waals surface area contributed by atoms with Crippen molar-refractivity contribution in [1.82, 2.24) is 9.88 Å². The first-order chi connectivity index (χ1) is 12.0. The second-order valence-electron chi connectivity index (χ2n) is 7.22. The van der Waals surface area contributed by atoms with Crippen LogP contribution in [0.5, 0.6) is 0 Å². The summed E-state index contributed by atoms with van der Waals surface area (Å²) in [5, 5.41) is 3.11. The highest BCUT2D eigenvalue weighted by molar-refractivity contribution is 14.0. The van der Waals surface area contributed by atoms with Crippen molar-refractivity contribution in [3.8, 4) is 0 Å². The lowest BCUT2D eigenvalue weighted by molar-refractivity contribution is 0.378. The summed E-state index contributed by atoms with van der Waals surface area (Å²) >= 11 is 1.69. The van der Waals surface area contributed by atoms with Gasteiger partial charge in [0.2, 0.25) is 0 Å². The van der Waals surface area contributed by atoms with E-state index in [4.69, 9.17) is 10.7 Å². The molecule has 0 unspecified atom stereocenters. The first kappa shape index (κ1) is 21.0. The molecule has 0 spiro atoms. The predicted octanol–water partition coefficient (Wildman–Crippen LogP) is 3.48. The Hall–Kier alpha value is -1.35. The molecule has 3 rings (SSSR count). The number of piperazine rings is 1. The fourth-order valence-corrected chi connectivity index (χ4v) is 3.73. The van der Waals surface area contributed by atoms with E-state index >= 15 is 0 Å². The molecule has 2 aromatic rings. The maximum atomic E-state index is 6.27. The predicted molar refractivity (Wildman–Crippen MR) is 122 cm³/mol. The molecule has 1 aliphatic heterocycles. The van der Waals surface area contributed by atoms with Gasteiger partial charge in [-0.3, -0.25) is 4.99 Å². The van der Waals surface area contributed by atoms with Crippen molar-refractivity contribution in [2.45, 2.75) is 26.2 Å². The molecule has 1 aromatic carbocycles. The van der Waals surface area contributed by atoms with Crippen LogP contribution in [-0.4, -0.2) is 48.6 Å². The lowest BCUT2D eigenvalue weighted by Crippen LogP contribution is -2.51. The quantitative estimate of drug-likeness (QED) is 0.410. The van der Waals surface area contributed by atoms with E-state index in [0.29, 0.717) is 12.5 Å². The molecule has 142 valence electrons. The smallest absolute Gasteiger partial charge is 0.191 e. The zero-order chi connectivity index (χ0) is 17.9. The van der Waals surface area contributed by atoms with Crippen molar-refractivity contribution >= 4 is 46.4 Å². The number of thiazole rings is 1. The van der Waals surface area contributed by atoms with Crippen molar-refractivity contribution in [2.75, 3.05) is 37.6 Å². The van der Waals surface area contributed by atoms with Gasteiger partial charge in [0, 0.05) is 43.2 Å². The summed E-state index contributed by atoms with van der Waals surface area (Å²) in [5.41, 5.74) is 8.83. The summed E-state index contributed by atoms with van der Waals surface area (Å²) in [5.74, 6) is 0.652. The van der Waals surface area contributed by atoms with E-state index in [0.717, 1.165) is 31.3 Å². The monoisotopic (exact) mass is 485 g/mol. The highest BCUT2D eigenvalue weighted by atomic mass is 127. The number of aliphatic imine (C=N–C) groups is 1. The minimum atomic E-state index is -0.0284. The van der Waals surface area contributed by atoms with E-state index in [1.807, 2.05) is 11.6 Å². The number of hydrogen-bond donors (Lipinski definition) is 1. The second-order valence-corrected chi connectivity index (χ2v) is 8.09. The summed E-state index contributed by atoms with van der Waals surface area (Å²) < 4.78 is 0. The van der Waals surface area contributed by atoms with Crippen molar-refractivity contribution < 1.29 is 0 Å². The molecule has 26 heavy (non-hydrogen) atoms. The number of rotatable bonds is 4. The number of hydrogen-bond acceptors (Lipinski definition) is 4. The Labute approximate surface area is 177 Å². The Morgan fingerprint density at radius 2 is 2.00 bits per heavy atom. The summed E-state index contributed by atoms with van der Waals surface area (Å²) in [6.45, 7) is 10.9. The van der Waals surface area contributed by atoms with Crippen molar-refractivity contribution in [3.63, 3.8) is 0 Å². The standard InChI is InChI=1S/C19H27N5S.HI/c1-15-5-4-6-16(13-15)19(2,3)14-22-17(20)23-8-10-24(11-9-23)18-21-7-12-25-18;/h4-7,12-13H,8-11,14H2,1-3H3,(H2,20,22);1H. The van der Waals surface area contributed by atoms with Gasteiger partial charge in [0.15, 0.2) is 11.1 Å². The van der Waals surface area contributed by atoms with Gasteiger partial charge in [-0.1, -0.05) is 43.7 Å². The molecule has 1 saturated heterocycles. The molecule has 0 atom stereocenters. The molecule has 2 heterocycles. The van der Waals surface area contributed by atoms with Gasteiger partial charge >= 0.3 is 0 Å². The van der Waals surface area contributed by atoms with Crippen molar-refractivity contribution in [2.24, 2.45) is 10.7 Å². The summed E-state index contributed by atoms with van der Waals surface area (Å²) in [7, 11) is 0. The number of aryl methyl sites for hydroxylation is 1. The van der Waals surface area contributed by atoms with Gasteiger partial charge < -0.3 is 15.5 Å². The average molecular weight is 485 g/mol. The van der Waals surface area contributed by atoms with Crippen LogP contribution < -0.4 is 10.6 Å². The van der Waals surface area contributed by atoms with Crippen molar-refractivity contribution in [1.29, 1.82) is 0 Å². The molecule has 1 fully saturated rings. The van der Waals surface area contributed by atoms with Gasteiger partial charge in [-0.2, -0.15) is 0 Å². The molecular formula is C19H28IN5S. The Bertz CT molecular complexity index is 721. The number of benzene rings is 1. The maximum Gasteiger partial charge on any atom is 0.191 e. The van der Waals surface area contributed by atoms with Gasteiger partial charge in [-0.05, 0) is 12.5 Å². The molecule has 1 aliphatic rings. The highest BCUT2D eigenvalue weighted by Gasteiger charge is 2.23. The van der Waals surface area contributed by atoms with E-state index < -0.39 is 0 Å². The third kappa shape index (κ3) is 5.09. The van der Waals surface area contributed by atoms with Gasteiger partial charge in [0.25, 0.3) is 0 Å². The molecule has 0 saturated carbocycles. The Morgan fingerprint density at radius 1 is 1.27 bits per heavy atom. The molecule has 7 heteroatoms. The average Bonchev–Trinajstić information content (AvgIpc) is 3.14. The van der Waals surface area contributed by atoms with Crippen LogP contribution in [0, 0.1) is 6.92 Å². The minimum Gasteiger partial charge on any atom is -0.370 e. The van der Waals surface area contributed by atoms with E-state index in [2.05, 4.69) is 59.8 Å². The molecule has 0 amide bonds. The topological polar surface area (TPSA) is 57.8 Å². The van der Waals surface area contributed by atoms with Gasteiger partial charge in [-0.25, -0.2) is 4.98 Å². The normalized spacial score (nSPS) is 15.7. The number of nitrogens with two attached hydrogens (primary N) is 1. The van der Waals surface area contributed by atoms with Crippen LogP contribution >= 0.6 is 35.3 Å². The molecule has 2 N–H and O–H groups in total. The fourth-order valence-electron chi connectivity index (χ4n) is 3.03. The Balaban J connectivity index is 0.00000243. The summed E-state index contributed by atoms with van der Waals surface area (Å²) in [6, 6.07) is 8.64. The van der Waals surface area contributed by atoms with Crippen LogP contribution in [0.1, 0.15) is 25.0 Å². The molecule has 0 bridgehead atoms. The molecule has 5 nitrogen and oxygen atoms in total. The van der Waals surface area contributed by atoms with E-state index in [-0.39, 0.29) is 29.4 Å². The third-order valence-electron chi connectivity index (χ3n) is 4.73. The summed E-state index contributed by atoms with van der Waals surface area (Å²) in [6.07, 6.45) is 1.86.